The Morgan fingerprint density at radius 2 is 2.09 bits per heavy atom. The molecule has 8 atom stereocenters. The van der Waals surface area contributed by atoms with Crippen LogP contribution in [0.5, 0.6) is 0 Å². The number of piperidine rings is 1. The number of nitrogens with zero attached hydrogens (tertiary/aromatic N) is 2. The van der Waals surface area contributed by atoms with Crippen molar-refractivity contribution < 1.29 is 14.3 Å². The summed E-state index contributed by atoms with van der Waals surface area (Å²) in [7, 11) is 0. The minimum absolute atomic E-state index is 0.112. The van der Waals surface area contributed by atoms with Crippen LogP contribution in [-0.2, 0) is 14.3 Å². The smallest absolute Gasteiger partial charge is 0.327 e. The van der Waals surface area contributed by atoms with Crippen LogP contribution in [0.1, 0.15) is 51.4 Å². The number of hydrogen-bond acceptors (Lipinski definition) is 7. The van der Waals surface area contributed by atoms with Crippen LogP contribution in [-0.4, -0.2) is 53.4 Å². The van der Waals surface area contributed by atoms with E-state index >= 15 is 0 Å². The van der Waals surface area contributed by atoms with Crippen molar-refractivity contribution in [3.8, 4) is 6.07 Å². The van der Waals surface area contributed by atoms with Crippen molar-refractivity contribution in [2.45, 2.75) is 75.5 Å². The van der Waals surface area contributed by atoms with E-state index in [1.54, 1.807) is 4.90 Å². The van der Waals surface area contributed by atoms with Gasteiger partial charge in [0.2, 0.25) is 5.91 Å². The van der Waals surface area contributed by atoms with E-state index in [0.29, 0.717) is 49.3 Å². The van der Waals surface area contributed by atoms with E-state index in [9.17, 15) is 14.9 Å². The number of nitriles is 1. The molecule has 0 aromatic carbocycles. The largest absolute Gasteiger partial charge is 0.430 e. The van der Waals surface area contributed by atoms with Crippen LogP contribution in [0, 0.1) is 39.9 Å². The predicted octanol–water partition coefficient (Wildman–Crippen LogP) is 0.0346. The minimum Gasteiger partial charge on any atom is -0.430 e. The molecule has 6 rings (SSSR count). The summed E-state index contributed by atoms with van der Waals surface area (Å²) in [5.41, 5.74) is 18.5. The quantitative estimate of drug-likeness (QED) is 0.147. The summed E-state index contributed by atoms with van der Waals surface area (Å²) in [6.45, 7) is 0.469. The molecular weight excluding hydrogens is 422 g/mol. The molecule has 8 N–H and O–H groups in total. The first-order valence-corrected chi connectivity index (χ1v) is 12.0. The standard InChI is InChI=1S/C23H33N7O3/c24-10-14-6-12-7-16(12)30(14)20(31)19(26)23-8-11-4-13(9-23)18(23)17(5-11)33-21(32)15(25)2-1-3-29-22(27)28/h11-16,19H,1-9,25-26H2,(H4,27,28,29)/t11?,12-,13?,14+,15+,16+,19-,23?/m1/s1. The van der Waals surface area contributed by atoms with Crippen molar-refractivity contribution in [3.63, 3.8) is 0 Å². The number of rotatable bonds is 8. The van der Waals surface area contributed by atoms with Crippen molar-refractivity contribution in [2.75, 3.05) is 6.54 Å². The molecule has 4 bridgehead atoms. The number of carbonyl (C=O) groups excluding carboxylic acids is 2. The lowest BCUT2D eigenvalue weighted by molar-refractivity contribution is -0.145. The van der Waals surface area contributed by atoms with Gasteiger partial charge in [-0.15, -0.1) is 0 Å². The first kappa shape index (κ1) is 22.2. The Kier molecular flexibility index (Phi) is 5.37. The van der Waals surface area contributed by atoms with Crippen molar-refractivity contribution in [2.24, 2.45) is 40.4 Å². The molecule has 1 aliphatic heterocycles. The molecule has 3 saturated carbocycles. The molecule has 0 spiro atoms. The second-order valence-corrected chi connectivity index (χ2v) is 10.6. The third-order valence-electron chi connectivity index (χ3n) is 8.50. The van der Waals surface area contributed by atoms with E-state index in [4.69, 9.17) is 27.3 Å². The summed E-state index contributed by atoms with van der Waals surface area (Å²) < 4.78 is 5.81. The molecule has 4 fully saturated rings. The number of likely N-dealkylation sites (tertiary alicyclic amines) is 1. The van der Waals surface area contributed by atoms with Gasteiger partial charge in [-0.1, -0.05) is 0 Å². The van der Waals surface area contributed by atoms with E-state index in [2.05, 4.69) is 11.4 Å². The monoisotopic (exact) mass is 455 g/mol. The Hall–Kier alpha value is -2.64. The Morgan fingerprint density at radius 3 is 2.79 bits per heavy atom. The number of hydrogen-bond donors (Lipinski definition) is 5. The molecule has 178 valence electrons. The fraction of sp³-hybridized carbons (Fsp3) is 0.739. The van der Waals surface area contributed by atoms with Crippen molar-refractivity contribution in [1.29, 1.82) is 10.7 Å². The Morgan fingerprint density at radius 1 is 1.30 bits per heavy atom. The van der Waals surface area contributed by atoms with E-state index in [1.807, 2.05) is 0 Å². The second kappa shape index (κ2) is 7.99. The number of nitrogens with two attached hydrogens (primary N) is 3. The number of amides is 1. The third-order valence-corrected chi connectivity index (χ3v) is 8.50. The van der Waals surface area contributed by atoms with Gasteiger partial charge in [0.15, 0.2) is 5.96 Å². The van der Waals surface area contributed by atoms with Gasteiger partial charge in [-0.2, -0.15) is 5.26 Å². The molecule has 0 aromatic rings. The minimum atomic E-state index is -0.761. The Balaban J connectivity index is 1.28. The zero-order valence-corrected chi connectivity index (χ0v) is 18.8. The van der Waals surface area contributed by atoms with Gasteiger partial charge in [-0.05, 0) is 68.3 Å². The Labute approximate surface area is 193 Å². The zero-order chi connectivity index (χ0) is 23.5. The van der Waals surface area contributed by atoms with Gasteiger partial charge in [-0.3, -0.25) is 10.2 Å². The van der Waals surface area contributed by atoms with Crippen LogP contribution in [0.15, 0.2) is 11.3 Å². The summed E-state index contributed by atoms with van der Waals surface area (Å²) in [4.78, 5) is 27.9. The molecule has 10 heteroatoms. The van der Waals surface area contributed by atoms with Crippen LogP contribution in [0.4, 0.5) is 0 Å². The lowest BCUT2D eigenvalue weighted by Crippen LogP contribution is -2.65. The van der Waals surface area contributed by atoms with Crippen molar-refractivity contribution in [3.05, 3.63) is 11.3 Å². The number of carbonyl (C=O) groups is 2. The maximum Gasteiger partial charge on any atom is 0.327 e. The molecule has 5 aliphatic carbocycles. The van der Waals surface area contributed by atoms with Crippen molar-refractivity contribution in [1.82, 2.24) is 10.2 Å². The summed E-state index contributed by atoms with van der Waals surface area (Å²) >= 11 is 0. The van der Waals surface area contributed by atoms with E-state index < -0.39 is 23.5 Å². The molecule has 1 amide bonds. The predicted molar refractivity (Wildman–Crippen MR) is 119 cm³/mol. The molecule has 10 nitrogen and oxygen atoms in total. The number of fused-ring (bicyclic) bond motifs is 2. The SMILES string of the molecule is N#C[C@@H]1C[C@@H]2C[C@@H]2N1C(=O)[C@@H](N)C12CC3CC(OC(=O)[C@@H](N)CCCNC(=N)N)=C1C(C3)C2. The van der Waals surface area contributed by atoms with Crippen molar-refractivity contribution >= 4 is 17.8 Å². The van der Waals surface area contributed by atoms with Gasteiger partial charge in [0.25, 0.3) is 0 Å². The number of esters is 1. The van der Waals surface area contributed by atoms with E-state index in [1.165, 1.54) is 0 Å². The van der Waals surface area contributed by atoms with Gasteiger partial charge in [0.05, 0.1) is 12.1 Å². The van der Waals surface area contributed by atoms with E-state index in [0.717, 1.165) is 37.7 Å². The maximum absolute atomic E-state index is 13.5. The van der Waals surface area contributed by atoms with Crippen LogP contribution >= 0.6 is 0 Å². The normalized spacial score (nSPS) is 36.9. The number of ether oxygens (including phenoxy) is 1. The van der Waals surface area contributed by atoms with Gasteiger partial charge in [0, 0.05) is 24.4 Å². The average Bonchev–Trinajstić information content (AvgIpc) is 3.44. The van der Waals surface area contributed by atoms with Gasteiger partial charge < -0.3 is 32.2 Å². The maximum atomic E-state index is 13.5. The lowest BCUT2D eigenvalue weighted by atomic mass is 9.42. The number of guanidine groups is 1. The van der Waals surface area contributed by atoms with Crippen LogP contribution in [0.2, 0.25) is 0 Å². The zero-order valence-electron chi connectivity index (χ0n) is 18.8. The van der Waals surface area contributed by atoms with Gasteiger partial charge in [-0.25, -0.2) is 4.79 Å². The molecule has 0 aromatic heterocycles. The molecule has 33 heavy (non-hydrogen) atoms. The summed E-state index contributed by atoms with van der Waals surface area (Å²) in [5, 5.41) is 19.4. The highest BCUT2D eigenvalue weighted by atomic mass is 16.5. The van der Waals surface area contributed by atoms with E-state index in [-0.39, 0.29) is 24.0 Å². The lowest BCUT2D eigenvalue weighted by Gasteiger charge is -2.63. The summed E-state index contributed by atoms with van der Waals surface area (Å²) in [5.74, 6) is 1.08. The molecule has 0 radical (unpaired) electrons. The highest BCUT2D eigenvalue weighted by molar-refractivity contribution is 5.86. The number of allylic oxidation sites excluding steroid dienone is 1. The molecular formula is C23H33N7O3. The average molecular weight is 456 g/mol. The van der Waals surface area contributed by atoms with Crippen LogP contribution in [0.25, 0.3) is 0 Å². The molecule has 6 aliphatic rings. The van der Waals surface area contributed by atoms with Crippen LogP contribution < -0.4 is 22.5 Å². The van der Waals surface area contributed by atoms with Crippen LogP contribution in [0.3, 0.4) is 0 Å². The first-order valence-electron chi connectivity index (χ1n) is 12.0. The number of nitrogens with one attached hydrogen (secondary N) is 2. The highest BCUT2D eigenvalue weighted by Gasteiger charge is 2.65. The first-order chi connectivity index (χ1) is 15.7. The third kappa shape index (κ3) is 3.58. The summed E-state index contributed by atoms with van der Waals surface area (Å²) in [6.07, 6.45) is 6.16. The molecule has 1 heterocycles. The Bertz CT molecular complexity index is 958. The fourth-order valence-corrected chi connectivity index (χ4v) is 7.02. The highest BCUT2D eigenvalue weighted by Crippen LogP contribution is 2.68. The van der Waals surface area contributed by atoms with Gasteiger partial charge >= 0.3 is 5.97 Å². The fourth-order valence-electron chi connectivity index (χ4n) is 7.02. The summed E-state index contributed by atoms with van der Waals surface area (Å²) in [6, 6.07) is 0.607. The van der Waals surface area contributed by atoms with Gasteiger partial charge in [0.1, 0.15) is 17.8 Å². The molecule has 1 saturated heterocycles. The molecule has 3 unspecified atom stereocenters. The second-order valence-electron chi connectivity index (χ2n) is 10.6. The topological polar surface area (TPSA) is 184 Å².